The lowest BCUT2D eigenvalue weighted by molar-refractivity contribution is 0.254. The first-order chi connectivity index (χ1) is 15.7. The number of aliphatic imine (C=N–C) groups is 1. The largest absolute Gasteiger partial charge is 0.493 e. The van der Waals surface area contributed by atoms with Crippen LogP contribution < -0.4 is 25.0 Å². The summed E-state index contributed by atoms with van der Waals surface area (Å²) in [6.45, 7) is 6.76. The number of hydrogen-bond acceptors (Lipinski definition) is 7. The van der Waals surface area contributed by atoms with Crippen LogP contribution in [0.2, 0.25) is 0 Å². The molecule has 0 spiro atoms. The van der Waals surface area contributed by atoms with Crippen molar-refractivity contribution in [2.24, 2.45) is 4.99 Å². The topological polar surface area (TPSA) is 87.1 Å². The molecule has 3 rings (SSSR count). The number of guanidine groups is 1. The van der Waals surface area contributed by atoms with E-state index in [9.17, 15) is 0 Å². The average Bonchev–Trinajstić information content (AvgIpc) is 2.86. The zero-order chi connectivity index (χ0) is 22.6. The first kappa shape index (κ1) is 23.6. The zero-order valence-corrected chi connectivity index (χ0v) is 19.4. The lowest BCUT2D eigenvalue weighted by Crippen LogP contribution is -2.47. The van der Waals surface area contributed by atoms with Crippen molar-refractivity contribution in [3.63, 3.8) is 0 Å². The highest BCUT2D eigenvalue weighted by Gasteiger charge is 2.18. The Morgan fingerprint density at radius 2 is 1.72 bits per heavy atom. The van der Waals surface area contributed by atoms with Gasteiger partial charge in [-0.1, -0.05) is 6.07 Å². The van der Waals surface area contributed by atoms with Gasteiger partial charge in [-0.25, -0.2) is 9.97 Å². The van der Waals surface area contributed by atoms with Crippen LogP contribution in [0.15, 0.2) is 41.7 Å². The third-order valence-corrected chi connectivity index (χ3v) is 5.53. The molecule has 0 saturated carbocycles. The molecule has 32 heavy (non-hydrogen) atoms. The zero-order valence-electron chi connectivity index (χ0n) is 19.4. The molecule has 1 fully saturated rings. The van der Waals surface area contributed by atoms with Gasteiger partial charge < -0.3 is 25.0 Å². The van der Waals surface area contributed by atoms with E-state index in [0.29, 0.717) is 0 Å². The number of hydrogen-bond donors (Lipinski definition) is 2. The molecular weight excluding hydrogens is 406 g/mol. The first-order valence-electron chi connectivity index (χ1n) is 11.1. The van der Waals surface area contributed by atoms with Crippen LogP contribution in [0, 0.1) is 0 Å². The molecule has 1 aromatic heterocycles. The predicted octanol–water partition coefficient (Wildman–Crippen LogP) is 1.41. The highest BCUT2D eigenvalue weighted by molar-refractivity contribution is 5.79. The molecule has 0 bridgehead atoms. The summed E-state index contributed by atoms with van der Waals surface area (Å²) in [4.78, 5) is 17.8. The second-order valence-electron chi connectivity index (χ2n) is 7.60. The third kappa shape index (κ3) is 6.98. The van der Waals surface area contributed by atoms with E-state index in [4.69, 9.17) is 9.47 Å². The summed E-state index contributed by atoms with van der Waals surface area (Å²) in [6, 6.07) is 7.86. The second-order valence-corrected chi connectivity index (χ2v) is 7.60. The number of nitrogens with one attached hydrogen (secondary N) is 2. The summed E-state index contributed by atoms with van der Waals surface area (Å²) in [5.41, 5.74) is 1.19. The molecule has 0 amide bonds. The van der Waals surface area contributed by atoms with Crippen molar-refractivity contribution in [1.82, 2.24) is 25.5 Å². The Balaban J connectivity index is 1.30. The number of piperazine rings is 1. The molecular formula is C23H35N7O2. The van der Waals surface area contributed by atoms with Gasteiger partial charge in [-0.3, -0.25) is 9.89 Å². The highest BCUT2D eigenvalue weighted by atomic mass is 16.5. The van der Waals surface area contributed by atoms with E-state index in [-0.39, 0.29) is 0 Å². The number of aromatic nitrogens is 2. The van der Waals surface area contributed by atoms with Crippen molar-refractivity contribution in [3.8, 4) is 11.5 Å². The van der Waals surface area contributed by atoms with Gasteiger partial charge in [0.1, 0.15) is 0 Å². The van der Waals surface area contributed by atoms with Crippen LogP contribution >= 0.6 is 0 Å². The Morgan fingerprint density at radius 3 is 2.41 bits per heavy atom. The summed E-state index contributed by atoms with van der Waals surface area (Å²) in [7, 11) is 5.11. The predicted molar refractivity (Wildman–Crippen MR) is 128 cm³/mol. The molecule has 174 valence electrons. The molecule has 1 aliphatic heterocycles. The number of ether oxygens (including phenoxy) is 2. The molecule has 9 heteroatoms. The van der Waals surface area contributed by atoms with Crippen LogP contribution in [0.3, 0.4) is 0 Å². The maximum Gasteiger partial charge on any atom is 0.225 e. The lowest BCUT2D eigenvalue weighted by atomic mass is 10.1. The van der Waals surface area contributed by atoms with Crippen LogP contribution in [0.1, 0.15) is 12.0 Å². The monoisotopic (exact) mass is 441 g/mol. The van der Waals surface area contributed by atoms with Gasteiger partial charge >= 0.3 is 0 Å². The van der Waals surface area contributed by atoms with Gasteiger partial charge in [0.2, 0.25) is 5.95 Å². The van der Waals surface area contributed by atoms with Crippen molar-refractivity contribution in [1.29, 1.82) is 0 Å². The Bertz CT molecular complexity index is 839. The summed E-state index contributed by atoms with van der Waals surface area (Å²) < 4.78 is 10.7. The molecule has 0 aliphatic carbocycles. The molecule has 2 N–H and O–H groups in total. The molecule has 0 unspecified atom stereocenters. The van der Waals surface area contributed by atoms with Gasteiger partial charge in [-0.05, 0) is 43.1 Å². The van der Waals surface area contributed by atoms with Crippen molar-refractivity contribution in [2.75, 3.05) is 72.0 Å². The number of anilines is 1. The maximum atomic E-state index is 5.37. The van der Waals surface area contributed by atoms with Gasteiger partial charge in [-0.2, -0.15) is 0 Å². The highest BCUT2D eigenvalue weighted by Crippen LogP contribution is 2.27. The van der Waals surface area contributed by atoms with Gasteiger partial charge in [-0.15, -0.1) is 0 Å². The van der Waals surface area contributed by atoms with Crippen molar-refractivity contribution >= 4 is 11.9 Å². The summed E-state index contributed by atoms with van der Waals surface area (Å²) in [5, 5.41) is 6.79. The molecule has 2 heterocycles. The minimum Gasteiger partial charge on any atom is -0.493 e. The average molecular weight is 442 g/mol. The molecule has 1 aromatic carbocycles. The molecule has 0 atom stereocenters. The van der Waals surface area contributed by atoms with Gasteiger partial charge in [0.05, 0.1) is 14.2 Å². The van der Waals surface area contributed by atoms with Gasteiger partial charge in [0.25, 0.3) is 0 Å². The Kier molecular flexibility index (Phi) is 9.37. The standard InChI is InChI=1S/C23H35N7O2/c1-24-22(26-12-8-19-6-7-20(31-2)21(18-19)32-3)25-11-5-13-29-14-16-30(17-15-29)23-27-9-4-10-28-23/h4,6-7,9-10,18H,5,8,11-17H2,1-3H3,(H2,24,25,26). The molecule has 9 nitrogen and oxygen atoms in total. The Hall–Kier alpha value is -3.07. The van der Waals surface area contributed by atoms with Crippen molar-refractivity contribution in [3.05, 3.63) is 42.2 Å². The smallest absolute Gasteiger partial charge is 0.225 e. The number of benzene rings is 1. The Labute approximate surface area is 190 Å². The van der Waals surface area contributed by atoms with E-state index >= 15 is 0 Å². The fourth-order valence-corrected chi connectivity index (χ4v) is 3.72. The lowest BCUT2D eigenvalue weighted by Gasteiger charge is -2.34. The summed E-state index contributed by atoms with van der Waals surface area (Å²) in [5.74, 6) is 3.16. The fraction of sp³-hybridized carbons (Fsp3) is 0.522. The quantitative estimate of drug-likeness (QED) is 0.325. The van der Waals surface area contributed by atoms with Crippen LogP contribution in [0.25, 0.3) is 0 Å². The molecule has 1 aliphatic rings. The van der Waals surface area contributed by atoms with Crippen LogP contribution in [0.5, 0.6) is 11.5 Å². The fourth-order valence-electron chi connectivity index (χ4n) is 3.72. The normalized spacial score (nSPS) is 14.8. The minimum absolute atomic E-state index is 0.747. The van der Waals surface area contributed by atoms with Crippen LogP contribution in [-0.2, 0) is 6.42 Å². The number of methoxy groups -OCH3 is 2. The molecule has 0 radical (unpaired) electrons. The van der Waals surface area contributed by atoms with E-state index in [1.807, 2.05) is 18.2 Å². The SMILES string of the molecule is CN=C(NCCCN1CCN(c2ncccn2)CC1)NCCc1ccc(OC)c(OC)c1. The van der Waals surface area contributed by atoms with E-state index in [0.717, 1.165) is 82.1 Å². The van der Waals surface area contributed by atoms with Crippen molar-refractivity contribution in [2.45, 2.75) is 12.8 Å². The van der Waals surface area contributed by atoms with E-state index < -0.39 is 0 Å². The van der Waals surface area contributed by atoms with E-state index in [2.05, 4.69) is 41.5 Å². The van der Waals surface area contributed by atoms with E-state index in [1.165, 1.54) is 5.56 Å². The number of nitrogens with zero attached hydrogens (tertiary/aromatic N) is 5. The van der Waals surface area contributed by atoms with Crippen molar-refractivity contribution < 1.29 is 9.47 Å². The van der Waals surface area contributed by atoms with Crippen LogP contribution in [0.4, 0.5) is 5.95 Å². The Morgan fingerprint density at radius 1 is 1.00 bits per heavy atom. The van der Waals surface area contributed by atoms with Gasteiger partial charge in [0, 0.05) is 58.7 Å². The minimum atomic E-state index is 0.747. The summed E-state index contributed by atoms with van der Waals surface area (Å²) >= 11 is 0. The summed E-state index contributed by atoms with van der Waals surface area (Å²) in [6.07, 6.45) is 5.54. The second kappa shape index (κ2) is 12.7. The maximum absolute atomic E-state index is 5.37. The first-order valence-corrected chi connectivity index (χ1v) is 11.1. The molecule has 1 saturated heterocycles. The third-order valence-electron chi connectivity index (χ3n) is 5.53. The molecule has 2 aromatic rings. The van der Waals surface area contributed by atoms with E-state index in [1.54, 1.807) is 33.7 Å². The number of rotatable bonds is 10. The van der Waals surface area contributed by atoms with Crippen LogP contribution in [-0.4, -0.2) is 87.9 Å². The van der Waals surface area contributed by atoms with Gasteiger partial charge in [0.15, 0.2) is 17.5 Å².